The number of rotatable bonds is 3. The molecule has 0 aliphatic rings. The molecular formula is C4H10I2OSi. The fourth-order valence-electron chi connectivity index (χ4n) is 0.281. The van der Waals surface area contributed by atoms with Crippen LogP contribution >= 0.6 is 43.6 Å². The highest BCUT2D eigenvalue weighted by molar-refractivity contribution is 14.3. The largest absolute Gasteiger partial charge is 0.400 e. The van der Waals surface area contributed by atoms with Crippen molar-refractivity contribution < 1.29 is 4.43 Å². The summed E-state index contributed by atoms with van der Waals surface area (Å²) in [6.45, 7) is 5.24. The van der Waals surface area contributed by atoms with Gasteiger partial charge in [0.25, 0.3) is 0 Å². The summed E-state index contributed by atoms with van der Waals surface area (Å²) in [5.74, 6) is 0. The van der Waals surface area contributed by atoms with Crippen molar-refractivity contribution in [1.82, 2.24) is 0 Å². The van der Waals surface area contributed by atoms with E-state index in [0.717, 1.165) is 13.0 Å². The molecule has 0 rings (SSSR count). The highest BCUT2D eigenvalue weighted by Crippen LogP contribution is 2.21. The molecule has 0 saturated carbocycles. The van der Waals surface area contributed by atoms with Crippen molar-refractivity contribution in [2.45, 2.75) is 19.9 Å². The van der Waals surface area contributed by atoms with Gasteiger partial charge in [0.1, 0.15) is 0 Å². The molecule has 0 aliphatic heterocycles. The third kappa shape index (κ3) is 7.64. The minimum atomic E-state index is -1.24. The Morgan fingerprint density at radius 1 is 1.50 bits per heavy atom. The SMILES string of the molecule is CCCO[Si](C)(I)I. The fraction of sp³-hybridized carbons (Fsp3) is 1.00. The van der Waals surface area contributed by atoms with Crippen LogP contribution in [0.15, 0.2) is 0 Å². The van der Waals surface area contributed by atoms with Crippen LogP contribution in [0.1, 0.15) is 13.3 Å². The highest BCUT2D eigenvalue weighted by Gasteiger charge is 2.18. The van der Waals surface area contributed by atoms with Crippen molar-refractivity contribution in [3.05, 3.63) is 0 Å². The number of halogens is 2. The summed E-state index contributed by atoms with van der Waals surface area (Å²) in [5.41, 5.74) is 0. The van der Waals surface area contributed by atoms with Gasteiger partial charge >= 0.3 is 3.31 Å². The van der Waals surface area contributed by atoms with E-state index in [0.29, 0.717) is 0 Å². The second-order valence-electron chi connectivity index (χ2n) is 1.66. The Morgan fingerprint density at radius 2 is 2.00 bits per heavy atom. The summed E-state index contributed by atoms with van der Waals surface area (Å²) in [4.78, 5) is 0. The lowest BCUT2D eigenvalue weighted by Gasteiger charge is -2.10. The van der Waals surface area contributed by atoms with Gasteiger partial charge in [-0.2, -0.15) is 0 Å². The second-order valence-corrected chi connectivity index (χ2v) is 22.1. The minimum Gasteiger partial charge on any atom is -0.400 e. The molecule has 4 heteroatoms. The number of hydrogen-bond acceptors (Lipinski definition) is 1. The molecule has 0 amide bonds. The third-order valence-electron chi connectivity index (χ3n) is 0.560. The standard InChI is InChI=1S/C4H10I2OSi/c1-3-4-7-8(2,5)6/h3-4H2,1-2H3. The summed E-state index contributed by atoms with van der Waals surface area (Å²) in [5, 5.41) is 0. The zero-order chi connectivity index (χ0) is 6.62. The molecule has 8 heavy (non-hydrogen) atoms. The fourth-order valence-corrected chi connectivity index (χ4v) is 2.17. The molecule has 0 aromatic carbocycles. The predicted octanol–water partition coefficient (Wildman–Crippen LogP) is 2.85. The van der Waals surface area contributed by atoms with Crippen LogP contribution < -0.4 is 0 Å². The highest BCUT2D eigenvalue weighted by atomic mass is 127. The van der Waals surface area contributed by atoms with Crippen molar-refractivity contribution in [2.24, 2.45) is 0 Å². The van der Waals surface area contributed by atoms with Gasteiger partial charge in [0.15, 0.2) is 0 Å². The average molecular weight is 356 g/mol. The Hall–Kier alpha value is 1.64. The van der Waals surface area contributed by atoms with E-state index in [2.05, 4.69) is 57.1 Å². The van der Waals surface area contributed by atoms with E-state index < -0.39 is 3.31 Å². The molecule has 0 atom stereocenters. The van der Waals surface area contributed by atoms with Gasteiger partial charge in [0.05, 0.1) is 0 Å². The summed E-state index contributed by atoms with van der Waals surface area (Å²) in [7, 11) is 0. The minimum absolute atomic E-state index is 0.925. The van der Waals surface area contributed by atoms with Crippen LogP contribution in [0.5, 0.6) is 0 Å². The first-order chi connectivity index (χ1) is 3.56. The van der Waals surface area contributed by atoms with Gasteiger partial charge in [0.2, 0.25) is 0 Å². The quantitative estimate of drug-likeness (QED) is 0.429. The van der Waals surface area contributed by atoms with Gasteiger partial charge in [-0.25, -0.2) is 0 Å². The predicted molar refractivity (Wildman–Crippen MR) is 55.9 cm³/mol. The summed E-state index contributed by atoms with van der Waals surface area (Å²) in [6, 6.07) is 0. The van der Waals surface area contributed by atoms with Crippen molar-refractivity contribution >= 4 is 46.9 Å². The van der Waals surface area contributed by atoms with Crippen molar-refractivity contribution in [3.63, 3.8) is 0 Å². The molecule has 0 unspecified atom stereocenters. The Bertz CT molecular complexity index is 61.5. The van der Waals surface area contributed by atoms with E-state index in [1.807, 2.05) is 0 Å². The first-order valence-corrected chi connectivity index (χ1v) is 11.2. The van der Waals surface area contributed by atoms with Gasteiger partial charge < -0.3 is 4.43 Å². The first kappa shape index (κ1) is 9.64. The van der Waals surface area contributed by atoms with Gasteiger partial charge in [-0.05, 0) is 13.0 Å². The molecule has 0 bridgehead atoms. The maximum absolute atomic E-state index is 5.49. The van der Waals surface area contributed by atoms with E-state index in [1.165, 1.54) is 0 Å². The van der Waals surface area contributed by atoms with Crippen LogP contribution in [-0.2, 0) is 4.43 Å². The van der Waals surface area contributed by atoms with Crippen LogP contribution in [0.3, 0.4) is 0 Å². The molecule has 1 nitrogen and oxygen atoms in total. The van der Waals surface area contributed by atoms with Crippen LogP contribution in [0, 0.1) is 0 Å². The van der Waals surface area contributed by atoms with Crippen LogP contribution in [0.25, 0.3) is 0 Å². The zero-order valence-corrected chi connectivity index (χ0v) is 10.4. The summed E-state index contributed by atoms with van der Waals surface area (Å²) in [6.07, 6.45) is 1.13. The molecule has 0 saturated heterocycles. The molecule has 0 heterocycles. The monoisotopic (exact) mass is 356 g/mol. The number of hydrogen-bond donors (Lipinski definition) is 0. The zero-order valence-electron chi connectivity index (χ0n) is 5.08. The second kappa shape index (κ2) is 4.45. The molecule has 0 fully saturated rings. The normalized spacial score (nSPS) is 12.0. The van der Waals surface area contributed by atoms with E-state index in [4.69, 9.17) is 4.43 Å². The molecule has 0 radical (unpaired) electrons. The Morgan fingerprint density at radius 3 is 2.12 bits per heavy atom. The van der Waals surface area contributed by atoms with Crippen molar-refractivity contribution in [2.75, 3.05) is 6.61 Å². The van der Waals surface area contributed by atoms with Gasteiger partial charge in [-0.1, -0.05) is 50.5 Å². The Balaban J connectivity index is 3.11. The van der Waals surface area contributed by atoms with Gasteiger partial charge in [-0.3, -0.25) is 0 Å². The summed E-state index contributed by atoms with van der Waals surface area (Å²) < 4.78 is 4.25. The van der Waals surface area contributed by atoms with E-state index in [9.17, 15) is 0 Å². The van der Waals surface area contributed by atoms with E-state index in [1.54, 1.807) is 0 Å². The van der Waals surface area contributed by atoms with E-state index >= 15 is 0 Å². The van der Waals surface area contributed by atoms with Gasteiger partial charge in [-0.15, -0.1) is 0 Å². The molecule has 0 aliphatic carbocycles. The van der Waals surface area contributed by atoms with E-state index in [-0.39, 0.29) is 0 Å². The Labute approximate surface area is 77.1 Å². The van der Waals surface area contributed by atoms with Crippen LogP contribution in [0.4, 0.5) is 0 Å². The lowest BCUT2D eigenvalue weighted by molar-refractivity contribution is 0.334. The molecule has 0 aromatic rings. The molecule has 0 N–H and O–H groups in total. The van der Waals surface area contributed by atoms with Crippen LogP contribution in [-0.4, -0.2) is 9.92 Å². The maximum Gasteiger partial charge on any atom is 0.322 e. The topological polar surface area (TPSA) is 9.23 Å². The third-order valence-corrected chi connectivity index (χ3v) is 3.14. The molecule has 50 valence electrons. The molecule has 0 spiro atoms. The smallest absolute Gasteiger partial charge is 0.322 e. The van der Waals surface area contributed by atoms with Crippen molar-refractivity contribution in [3.8, 4) is 0 Å². The first-order valence-electron chi connectivity index (χ1n) is 2.58. The van der Waals surface area contributed by atoms with Crippen molar-refractivity contribution in [1.29, 1.82) is 0 Å². The molecule has 0 aromatic heterocycles. The average Bonchev–Trinajstić information content (AvgIpc) is 1.59. The Kier molecular flexibility index (Phi) is 5.36. The lowest BCUT2D eigenvalue weighted by Crippen LogP contribution is -2.17. The lowest BCUT2D eigenvalue weighted by atomic mass is 10.5. The summed E-state index contributed by atoms with van der Waals surface area (Å²) >= 11 is 4.81. The van der Waals surface area contributed by atoms with Gasteiger partial charge in [0, 0.05) is 6.61 Å². The van der Waals surface area contributed by atoms with Crippen LogP contribution in [0.2, 0.25) is 6.55 Å². The maximum atomic E-state index is 5.49. The molecular weight excluding hydrogens is 346 g/mol.